The Morgan fingerprint density at radius 3 is 2.00 bits per heavy atom. The average molecular weight is 290 g/mol. The number of hydrogen-bond acceptors (Lipinski definition) is 5. The van der Waals surface area contributed by atoms with E-state index in [0.717, 1.165) is 20.1 Å². The zero-order valence-electron chi connectivity index (χ0n) is 10.4. The molecule has 0 bridgehead atoms. The van der Waals surface area contributed by atoms with Gasteiger partial charge in [-0.25, -0.2) is 0 Å². The topological polar surface area (TPSA) is 49.9 Å². The second kappa shape index (κ2) is 6.83. The van der Waals surface area contributed by atoms with Crippen molar-refractivity contribution in [3.8, 4) is 0 Å². The van der Waals surface area contributed by atoms with Crippen molar-refractivity contribution in [2.75, 3.05) is 26.9 Å². The van der Waals surface area contributed by atoms with Crippen LogP contribution in [0.3, 0.4) is 0 Å². The minimum Gasteiger partial charge on any atom is -0.362 e. The third kappa shape index (κ3) is 5.58. The Labute approximate surface area is 105 Å². The Hall–Kier alpha value is -0.960. The van der Waals surface area contributed by atoms with Crippen LogP contribution in [0, 0.1) is 0 Å². The van der Waals surface area contributed by atoms with Crippen LogP contribution in [0.4, 0.5) is 13.2 Å². The van der Waals surface area contributed by atoms with Gasteiger partial charge in [0.25, 0.3) is 0 Å². The minimum atomic E-state index is -5.35. The van der Waals surface area contributed by atoms with Crippen LogP contribution in [0.15, 0.2) is 12.4 Å². The Kier molecular flexibility index (Phi) is 6.47. The molecule has 1 aliphatic heterocycles. The lowest BCUT2D eigenvalue weighted by atomic mass is 10.6. The summed E-state index contributed by atoms with van der Waals surface area (Å²) in [6.45, 7) is 4.96. The molecule has 0 aromatic carbocycles. The maximum Gasteiger partial charge on any atom is 0.523 e. The fourth-order valence-corrected chi connectivity index (χ4v) is 1.46. The molecule has 0 saturated heterocycles. The first-order valence-corrected chi connectivity index (χ1v) is 6.63. The molecule has 0 aliphatic carbocycles. The van der Waals surface area contributed by atoms with Gasteiger partial charge in [0.2, 0.25) is 0 Å². The molecule has 0 saturated carbocycles. The van der Waals surface area contributed by atoms with Crippen LogP contribution in [-0.4, -0.2) is 50.6 Å². The van der Waals surface area contributed by atoms with Gasteiger partial charge in [0.05, 0.1) is 13.3 Å². The van der Waals surface area contributed by atoms with Crippen LogP contribution >= 0.6 is 0 Å². The monoisotopic (exact) mass is 290 g/mol. The lowest BCUT2D eigenvalue weighted by Crippen LogP contribution is -2.25. The van der Waals surface area contributed by atoms with Crippen LogP contribution in [0.25, 0.3) is 0 Å². The number of nitrogens with zero attached hydrogens (tertiary/aromatic N) is 2. The van der Waals surface area contributed by atoms with Gasteiger partial charge in [-0.2, -0.15) is 21.6 Å². The summed E-state index contributed by atoms with van der Waals surface area (Å²) in [7, 11) is -3.27. The van der Waals surface area contributed by atoms with Crippen molar-refractivity contribution in [2.45, 2.75) is 19.4 Å². The van der Waals surface area contributed by atoms with E-state index in [-0.39, 0.29) is 0 Å². The first-order chi connectivity index (χ1) is 8.14. The third-order valence-corrected chi connectivity index (χ3v) is 3.01. The van der Waals surface area contributed by atoms with Gasteiger partial charge in [0, 0.05) is 26.0 Å². The number of alkyl halides is 3. The molecule has 1 heterocycles. The van der Waals surface area contributed by atoms with Gasteiger partial charge in [-0.1, -0.05) is 0 Å². The summed E-state index contributed by atoms with van der Waals surface area (Å²) in [5.74, 6) is 0. The van der Waals surface area contributed by atoms with Crippen molar-refractivity contribution < 1.29 is 25.8 Å². The molecule has 0 aromatic rings. The van der Waals surface area contributed by atoms with Gasteiger partial charge in [-0.05, 0) is 13.8 Å². The van der Waals surface area contributed by atoms with Crippen molar-refractivity contribution in [2.24, 2.45) is 0 Å². The van der Waals surface area contributed by atoms with Gasteiger partial charge in [-0.15, -0.1) is 0 Å². The highest BCUT2D eigenvalue weighted by Gasteiger charge is 2.46. The molecular weight excluding hydrogens is 273 g/mol. The molecule has 1 aliphatic rings. The zero-order chi connectivity index (χ0) is 14.4. The molecule has 5 nitrogen and oxygen atoms in total. The molecule has 0 fully saturated rings. The first-order valence-electron chi connectivity index (χ1n) is 5.22. The van der Waals surface area contributed by atoms with Crippen LogP contribution in [0.2, 0.25) is 0 Å². The summed E-state index contributed by atoms with van der Waals surface area (Å²) in [5.41, 5.74) is -5.30. The molecule has 0 aromatic heterocycles. The maximum atomic E-state index is 11.3. The van der Waals surface area contributed by atoms with E-state index >= 15 is 0 Å². The molecule has 0 atom stereocenters. The highest BCUT2D eigenvalue weighted by molar-refractivity contribution is 7.87. The van der Waals surface area contributed by atoms with Crippen LogP contribution < -0.4 is 0 Å². The summed E-state index contributed by atoms with van der Waals surface area (Å²) in [6.07, 6.45) is 4.20. The molecule has 0 N–H and O–H groups in total. The molecule has 0 radical (unpaired) electrons. The van der Waals surface area contributed by atoms with Gasteiger partial charge in [0.15, 0.2) is 0 Å². The summed E-state index contributed by atoms with van der Waals surface area (Å²) >= 11 is 0. The van der Waals surface area contributed by atoms with Gasteiger partial charge >= 0.3 is 15.6 Å². The van der Waals surface area contributed by atoms with Crippen LogP contribution in [0.1, 0.15) is 13.8 Å². The van der Waals surface area contributed by atoms with Gasteiger partial charge < -0.3 is 9.80 Å². The van der Waals surface area contributed by atoms with Crippen molar-refractivity contribution in [3.05, 3.63) is 12.4 Å². The second-order valence-electron chi connectivity index (χ2n) is 3.41. The summed E-state index contributed by atoms with van der Waals surface area (Å²) in [6, 6.07) is 0. The SMILES string of the molecule is CCN1C=CN(C)C1.CCOS(=O)(=O)C(F)(F)F. The summed E-state index contributed by atoms with van der Waals surface area (Å²) in [4.78, 5) is 4.41. The first kappa shape index (κ1) is 17.0. The highest BCUT2D eigenvalue weighted by atomic mass is 32.2. The van der Waals surface area contributed by atoms with Crippen molar-refractivity contribution in [3.63, 3.8) is 0 Å². The van der Waals surface area contributed by atoms with Crippen molar-refractivity contribution in [1.29, 1.82) is 0 Å². The Balaban J connectivity index is 0.000000327. The molecule has 0 spiro atoms. The van der Waals surface area contributed by atoms with E-state index in [9.17, 15) is 21.6 Å². The number of halogens is 3. The molecule has 18 heavy (non-hydrogen) atoms. The molecule has 9 heteroatoms. The van der Waals surface area contributed by atoms with E-state index < -0.39 is 22.2 Å². The molecular formula is C9H17F3N2O3S. The standard InChI is InChI=1S/C6H12N2.C3H5F3O3S/c1-3-8-5-4-7(2)6-8;1-2-9-10(7,8)3(4,5)6/h4-5H,3,6H2,1-2H3;2H2,1H3. The fraction of sp³-hybridized carbons (Fsp3) is 0.778. The molecule has 0 unspecified atom stereocenters. The number of hydrogen-bond donors (Lipinski definition) is 0. The van der Waals surface area contributed by atoms with E-state index in [2.05, 4.69) is 40.4 Å². The average Bonchev–Trinajstić information content (AvgIpc) is 2.63. The van der Waals surface area contributed by atoms with E-state index in [4.69, 9.17) is 0 Å². The van der Waals surface area contributed by atoms with E-state index in [0.29, 0.717) is 0 Å². The Bertz CT molecular complexity index is 368. The smallest absolute Gasteiger partial charge is 0.362 e. The van der Waals surface area contributed by atoms with E-state index in [1.54, 1.807) is 0 Å². The second-order valence-corrected chi connectivity index (χ2v) is 5.01. The summed E-state index contributed by atoms with van der Waals surface area (Å²) < 4.78 is 57.2. The predicted octanol–water partition coefficient (Wildman–Crippen LogP) is 1.55. The van der Waals surface area contributed by atoms with Gasteiger partial charge in [0.1, 0.15) is 0 Å². The number of rotatable bonds is 3. The predicted molar refractivity (Wildman–Crippen MR) is 60.8 cm³/mol. The highest BCUT2D eigenvalue weighted by Crippen LogP contribution is 2.24. The van der Waals surface area contributed by atoms with Crippen molar-refractivity contribution in [1.82, 2.24) is 9.80 Å². The Morgan fingerprint density at radius 2 is 1.83 bits per heavy atom. The van der Waals surface area contributed by atoms with Crippen LogP contribution in [0.5, 0.6) is 0 Å². The van der Waals surface area contributed by atoms with Gasteiger partial charge in [-0.3, -0.25) is 4.18 Å². The quantitative estimate of drug-likeness (QED) is 0.583. The fourth-order valence-electron chi connectivity index (χ4n) is 1.02. The van der Waals surface area contributed by atoms with Crippen molar-refractivity contribution >= 4 is 10.1 Å². The minimum absolute atomic E-state index is 0.512. The molecule has 108 valence electrons. The van der Waals surface area contributed by atoms with E-state index in [1.807, 2.05) is 0 Å². The largest absolute Gasteiger partial charge is 0.523 e. The Morgan fingerprint density at radius 1 is 1.28 bits per heavy atom. The third-order valence-electron chi connectivity index (χ3n) is 1.90. The molecule has 0 amide bonds. The van der Waals surface area contributed by atoms with Crippen LogP contribution in [-0.2, 0) is 14.3 Å². The zero-order valence-corrected chi connectivity index (χ0v) is 11.3. The molecule has 1 rings (SSSR count). The maximum absolute atomic E-state index is 11.3. The normalized spacial score (nSPS) is 15.7. The lowest BCUT2D eigenvalue weighted by Gasteiger charge is -2.14. The lowest BCUT2D eigenvalue weighted by molar-refractivity contribution is -0.0539. The summed E-state index contributed by atoms with van der Waals surface area (Å²) in [5, 5.41) is 0. The van der Waals surface area contributed by atoms with E-state index in [1.165, 1.54) is 0 Å².